The van der Waals surface area contributed by atoms with E-state index in [4.69, 9.17) is 16.3 Å². The van der Waals surface area contributed by atoms with Crippen molar-refractivity contribution in [2.75, 3.05) is 6.61 Å². The third-order valence-corrected chi connectivity index (χ3v) is 5.25. The van der Waals surface area contributed by atoms with Crippen LogP contribution in [0.2, 0.25) is 5.02 Å². The number of carboxylic acid groups (broad SMARTS) is 1. The standard InChI is InChI=1S/C22H29ClO6.Na/c23-15-6-5-7-17(12-15)29-14-16(24)10-11-19-18(20(25)13-21(19)26)8-3-1-2-4-9-22(27)28;/h1,3,5-7,10-12,16,18-21,24-26H,2,4,8-9,13-14H2,(H,27,28);/q;+1/p-1/t16-,18-,19-,20+,21-;/m1./s1. The quantitative estimate of drug-likeness (QED) is 0.225. The van der Waals surface area contributed by atoms with Crippen molar-refractivity contribution < 1.29 is 59.5 Å². The van der Waals surface area contributed by atoms with E-state index in [1.54, 1.807) is 36.4 Å². The van der Waals surface area contributed by atoms with E-state index in [2.05, 4.69) is 0 Å². The summed E-state index contributed by atoms with van der Waals surface area (Å²) in [5.41, 5.74) is 0. The Morgan fingerprint density at radius 2 is 2.07 bits per heavy atom. The molecule has 0 unspecified atom stereocenters. The summed E-state index contributed by atoms with van der Waals surface area (Å²) in [5.74, 6) is -0.947. The topological polar surface area (TPSA) is 110 Å². The van der Waals surface area contributed by atoms with E-state index in [0.717, 1.165) is 0 Å². The number of hydrogen-bond donors (Lipinski definition) is 3. The number of allylic oxidation sites excluding steroid dienone is 2. The van der Waals surface area contributed by atoms with Gasteiger partial charge in [0.05, 0.1) is 12.2 Å². The van der Waals surface area contributed by atoms with Crippen molar-refractivity contribution in [2.24, 2.45) is 11.8 Å². The molecular formula is C22H28ClNaO6. The van der Waals surface area contributed by atoms with Crippen molar-refractivity contribution in [2.45, 2.75) is 50.4 Å². The zero-order chi connectivity index (χ0) is 21.2. The van der Waals surface area contributed by atoms with Gasteiger partial charge in [0.1, 0.15) is 18.5 Å². The Kier molecular flexibility index (Phi) is 12.9. The molecule has 1 fully saturated rings. The summed E-state index contributed by atoms with van der Waals surface area (Å²) in [4.78, 5) is 10.4. The number of carbonyl (C=O) groups excluding carboxylic acids is 1. The summed E-state index contributed by atoms with van der Waals surface area (Å²) in [7, 11) is 0. The van der Waals surface area contributed by atoms with Crippen LogP contribution in [-0.2, 0) is 4.79 Å². The van der Waals surface area contributed by atoms with Crippen LogP contribution in [0.15, 0.2) is 48.6 Å². The Bertz CT molecular complexity index is 711. The molecule has 0 radical (unpaired) electrons. The van der Waals surface area contributed by atoms with E-state index in [9.17, 15) is 25.2 Å². The van der Waals surface area contributed by atoms with E-state index in [0.29, 0.717) is 30.0 Å². The molecule has 6 nitrogen and oxygen atoms in total. The van der Waals surface area contributed by atoms with Gasteiger partial charge in [-0.3, -0.25) is 0 Å². The number of carboxylic acids is 1. The van der Waals surface area contributed by atoms with Gasteiger partial charge < -0.3 is 30.0 Å². The van der Waals surface area contributed by atoms with Gasteiger partial charge in [-0.25, -0.2) is 0 Å². The minimum Gasteiger partial charge on any atom is -0.550 e. The van der Waals surface area contributed by atoms with Crippen molar-refractivity contribution >= 4 is 17.6 Å². The van der Waals surface area contributed by atoms with Crippen LogP contribution < -0.4 is 39.4 Å². The molecule has 8 heteroatoms. The first kappa shape index (κ1) is 27.2. The van der Waals surface area contributed by atoms with Crippen molar-refractivity contribution in [3.63, 3.8) is 0 Å². The maximum atomic E-state index is 10.4. The van der Waals surface area contributed by atoms with Crippen LogP contribution in [0.1, 0.15) is 32.1 Å². The molecule has 5 atom stereocenters. The van der Waals surface area contributed by atoms with Gasteiger partial charge in [-0.15, -0.1) is 0 Å². The second kappa shape index (κ2) is 14.2. The summed E-state index contributed by atoms with van der Waals surface area (Å²) in [6.45, 7) is 0.0468. The Hall–Kier alpha value is -0.860. The van der Waals surface area contributed by atoms with Gasteiger partial charge in [-0.05, 0) is 49.8 Å². The zero-order valence-corrected chi connectivity index (χ0v) is 19.9. The zero-order valence-electron chi connectivity index (χ0n) is 17.2. The number of rotatable bonds is 11. The molecule has 30 heavy (non-hydrogen) atoms. The van der Waals surface area contributed by atoms with Gasteiger partial charge in [0.25, 0.3) is 0 Å². The number of carbonyl (C=O) groups is 1. The fourth-order valence-electron chi connectivity index (χ4n) is 3.49. The van der Waals surface area contributed by atoms with Crippen LogP contribution in [0.4, 0.5) is 0 Å². The molecule has 0 bridgehead atoms. The van der Waals surface area contributed by atoms with Crippen molar-refractivity contribution in [1.29, 1.82) is 0 Å². The van der Waals surface area contributed by atoms with Crippen LogP contribution in [0.5, 0.6) is 5.75 Å². The Labute approximate surface area is 204 Å². The number of aliphatic hydroxyl groups is 3. The number of aliphatic carboxylic acids is 1. The smallest absolute Gasteiger partial charge is 0.550 e. The number of unbranched alkanes of at least 4 members (excludes halogenated alkanes) is 1. The molecule has 0 heterocycles. The van der Waals surface area contributed by atoms with E-state index in [1.165, 1.54) is 0 Å². The molecule has 1 aromatic rings. The van der Waals surface area contributed by atoms with Crippen LogP contribution in [0.3, 0.4) is 0 Å². The van der Waals surface area contributed by atoms with Crippen LogP contribution >= 0.6 is 11.6 Å². The summed E-state index contributed by atoms with van der Waals surface area (Å²) in [5, 5.41) is 41.6. The average Bonchev–Trinajstić information content (AvgIpc) is 2.93. The van der Waals surface area contributed by atoms with Crippen molar-refractivity contribution in [1.82, 2.24) is 0 Å². The fourth-order valence-corrected chi connectivity index (χ4v) is 3.67. The normalized spacial score (nSPS) is 24.8. The number of aliphatic hydroxyl groups excluding tert-OH is 3. The molecule has 0 amide bonds. The predicted octanol–water partition coefficient (Wildman–Crippen LogP) is -1.14. The van der Waals surface area contributed by atoms with Crippen LogP contribution in [0.25, 0.3) is 0 Å². The summed E-state index contributed by atoms with van der Waals surface area (Å²) >= 11 is 5.89. The minimum absolute atomic E-state index is 0. The SMILES string of the molecule is O=C([O-])CCCC=CC[C@@H]1[C@@H](C=C[C@@H](O)COc2cccc(Cl)c2)[C@H](O)C[C@@H]1O.[Na+]. The minimum atomic E-state index is -1.06. The summed E-state index contributed by atoms with van der Waals surface area (Å²) in [6, 6.07) is 6.89. The third-order valence-electron chi connectivity index (χ3n) is 5.01. The van der Waals surface area contributed by atoms with E-state index < -0.39 is 24.3 Å². The fraction of sp³-hybridized carbons (Fsp3) is 0.500. The van der Waals surface area contributed by atoms with Crippen molar-refractivity contribution in [3.05, 3.63) is 53.6 Å². The molecule has 0 aromatic heterocycles. The first-order valence-corrected chi connectivity index (χ1v) is 10.2. The number of ether oxygens (including phenoxy) is 1. The first-order valence-electron chi connectivity index (χ1n) is 9.82. The molecule has 2 rings (SSSR count). The van der Waals surface area contributed by atoms with Gasteiger partial charge in [0, 0.05) is 23.3 Å². The maximum Gasteiger partial charge on any atom is 1.00 e. The van der Waals surface area contributed by atoms with Gasteiger partial charge >= 0.3 is 29.6 Å². The van der Waals surface area contributed by atoms with E-state index in [1.807, 2.05) is 12.2 Å². The molecule has 3 N–H and O–H groups in total. The molecule has 160 valence electrons. The average molecular weight is 447 g/mol. The summed E-state index contributed by atoms with van der Waals surface area (Å²) < 4.78 is 5.50. The monoisotopic (exact) mass is 446 g/mol. The molecule has 1 aliphatic rings. The Morgan fingerprint density at radius 3 is 2.77 bits per heavy atom. The Balaban J connectivity index is 0.00000450. The molecule has 1 aliphatic carbocycles. The second-order valence-corrected chi connectivity index (χ2v) is 7.74. The van der Waals surface area contributed by atoms with Crippen LogP contribution in [-0.4, -0.2) is 46.2 Å². The Morgan fingerprint density at radius 1 is 1.30 bits per heavy atom. The maximum absolute atomic E-state index is 10.4. The molecule has 0 spiro atoms. The number of hydrogen-bond acceptors (Lipinski definition) is 6. The van der Waals surface area contributed by atoms with Gasteiger partial charge in [0.2, 0.25) is 0 Å². The molecule has 0 saturated heterocycles. The van der Waals surface area contributed by atoms with E-state index >= 15 is 0 Å². The predicted molar refractivity (Wildman–Crippen MR) is 108 cm³/mol. The summed E-state index contributed by atoms with van der Waals surface area (Å²) in [6.07, 6.45) is 6.93. The van der Waals surface area contributed by atoms with Gasteiger partial charge in [-0.2, -0.15) is 0 Å². The molecule has 1 saturated carbocycles. The first-order chi connectivity index (χ1) is 13.9. The third kappa shape index (κ3) is 9.52. The molecule has 1 aromatic carbocycles. The van der Waals surface area contributed by atoms with Crippen LogP contribution in [0, 0.1) is 11.8 Å². The largest absolute Gasteiger partial charge is 1.00 e. The van der Waals surface area contributed by atoms with Crippen molar-refractivity contribution in [3.8, 4) is 5.75 Å². The van der Waals surface area contributed by atoms with Gasteiger partial charge in [0.15, 0.2) is 0 Å². The van der Waals surface area contributed by atoms with E-state index in [-0.39, 0.29) is 60.8 Å². The molecule has 0 aliphatic heterocycles. The second-order valence-electron chi connectivity index (χ2n) is 7.30. The van der Waals surface area contributed by atoms with Gasteiger partial charge in [-0.1, -0.05) is 42.0 Å². The molecular weight excluding hydrogens is 419 g/mol. The number of benzene rings is 1. The number of halogens is 1.